The average Bonchev–Trinajstić information content (AvgIpc) is 2.95. The summed E-state index contributed by atoms with van der Waals surface area (Å²) in [5, 5.41) is 8.92. The van der Waals surface area contributed by atoms with Crippen molar-refractivity contribution in [2.75, 3.05) is 42.6 Å². The van der Waals surface area contributed by atoms with E-state index in [-0.39, 0.29) is 23.5 Å². The summed E-state index contributed by atoms with van der Waals surface area (Å²) in [4.78, 5) is 36.5. The number of nitrogens with one attached hydrogen (secondary N) is 3. The van der Waals surface area contributed by atoms with E-state index in [0.717, 1.165) is 45.8 Å². The number of hydrogen-bond acceptors (Lipinski definition) is 6. The second-order valence-electron chi connectivity index (χ2n) is 9.47. The molecule has 2 amide bonds. The van der Waals surface area contributed by atoms with Crippen LogP contribution in [0.1, 0.15) is 35.3 Å². The Labute approximate surface area is 236 Å². The Bertz CT molecular complexity index is 1580. The number of halogens is 3. The van der Waals surface area contributed by atoms with Gasteiger partial charge in [0.2, 0.25) is 11.9 Å². The topological polar surface area (TPSA) is 99.3 Å². The minimum atomic E-state index is -4.63. The van der Waals surface area contributed by atoms with Gasteiger partial charge in [-0.2, -0.15) is 13.2 Å². The van der Waals surface area contributed by atoms with Gasteiger partial charge in [0.15, 0.2) is 0 Å². The number of rotatable bonds is 9. The van der Waals surface area contributed by atoms with Gasteiger partial charge in [-0.25, -0.2) is 9.97 Å². The second kappa shape index (κ2) is 12.3. The molecule has 4 aromatic rings. The highest BCUT2D eigenvalue weighted by atomic mass is 19.4. The first kappa shape index (κ1) is 29.5. The van der Waals surface area contributed by atoms with Crippen molar-refractivity contribution in [3.63, 3.8) is 0 Å². The second-order valence-corrected chi connectivity index (χ2v) is 9.47. The molecule has 11 heteroatoms. The van der Waals surface area contributed by atoms with Gasteiger partial charge < -0.3 is 16.0 Å². The van der Waals surface area contributed by atoms with Gasteiger partial charge in [0, 0.05) is 24.2 Å². The number of fused-ring (bicyclic) bond motifs is 1. The average molecular weight is 565 g/mol. The summed E-state index contributed by atoms with van der Waals surface area (Å²) in [6, 6.07) is 13.5. The molecule has 0 spiro atoms. The number of amides is 2. The molecule has 0 fully saturated rings. The summed E-state index contributed by atoms with van der Waals surface area (Å²) in [7, 11) is 1.73. The molecule has 1 aromatic heterocycles. The molecule has 0 saturated carbocycles. The highest BCUT2D eigenvalue weighted by Gasteiger charge is 2.31. The molecule has 0 saturated heterocycles. The summed E-state index contributed by atoms with van der Waals surface area (Å²) < 4.78 is 40.5. The van der Waals surface area contributed by atoms with Gasteiger partial charge in [0.25, 0.3) is 5.91 Å². The maximum Gasteiger partial charge on any atom is 0.416 e. The molecule has 8 nitrogen and oxygen atoms in total. The molecular weight excluding hydrogens is 533 g/mol. The van der Waals surface area contributed by atoms with Crippen LogP contribution in [0.3, 0.4) is 0 Å². The quantitative estimate of drug-likeness (QED) is 0.224. The number of hydrogen-bond donors (Lipinski definition) is 3. The van der Waals surface area contributed by atoms with E-state index in [1.807, 2.05) is 43.9 Å². The van der Waals surface area contributed by atoms with Crippen molar-refractivity contribution in [3.05, 3.63) is 77.5 Å². The van der Waals surface area contributed by atoms with Crippen LogP contribution in [0.2, 0.25) is 0 Å². The van der Waals surface area contributed by atoms with Crippen molar-refractivity contribution >= 4 is 40.0 Å². The zero-order valence-electron chi connectivity index (χ0n) is 23.2. The first-order chi connectivity index (χ1) is 19.5. The fourth-order valence-corrected chi connectivity index (χ4v) is 4.36. The molecule has 0 radical (unpaired) electrons. The third-order valence-corrected chi connectivity index (χ3v) is 6.74. The Morgan fingerprint density at radius 1 is 0.927 bits per heavy atom. The van der Waals surface area contributed by atoms with Crippen LogP contribution in [0, 0.1) is 6.92 Å². The van der Waals surface area contributed by atoms with Crippen molar-refractivity contribution in [2.24, 2.45) is 0 Å². The Morgan fingerprint density at radius 2 is 1.68 bits per heavy atom. The number of likely N-dealkylation sites (N-methyl/N-ethyl adjacent to an activating group) is 1. The summed E-state index contributed by atoms with van der Waals surface area (Å²) in [5.74, 6) is -0.519. The van der Waals surface area contributed by atoms with Gasteiger partial charge in [0.05, 0.1) is 29.0 Å². The number of carbonyl (C=O) groups is 2. The van der Waals surface area contributed by atoms with Crippen molar-refractivity contribution in [3.8, 4) is 11.1 Å². The Morgan fingerprint density at radius 3 is 2.37 bits per heavy atom. The molecule has 0 bridgehead atoms. The molecule has 0 unspecified atom stereocenters. The van der Waals surface area contributed by atoms with Crippen molar-refractivity contribution in [1.29, 1.82) is 0 Å². The monoisotopic (exact) mass is 564 g/mol. The highest BCUT2D eigenvalue weighted by Crippen LogP contribution is 2.35. The molecule has 214 valence electrons. The van der Waals surface area contributed by atoms with Crippen LogP contribution < -0.4 is 16.0 Å². The summed E-state index contributed by atoms with van der Waals surface area (Å²) >= 11 is 0. The fourth-order valence-electron chi connectivity index (χ4n) is 4.36. The lowest BCUT2D eigenvalue weighted by molar-refractivity contribution is -0.137. The number of aromatic nitrogens is 2. The summed E-state index contributed by atoms with van der Waals surface area (Å²) in [6.07, 6.45) is -2.93. The van der Waals surface area contributed by atoms with Crippen molar-refractivity contribution in [1.82, 2.24) is 14.9 Å². The molecular formula is C30H31F3N6O2. The molecule has 3 N–H and O–H groups in total. The first-order valence-electron chi connectivity index (χ1n) is 13.1. The third-order valence-electron chi connectivity index (χ3n) is 6.74. The molecule has 3 aromatic carbocycles. The van der Waals surface area contributed by atoms with E-state index in [0.29, 0.717) is 19.0 Å². The van der Waals surface area contributed by atoms with E-state index < -0.39 is 23.6 Å². The molecule has 41 heavy (non-hydrogen) atoms. The largest absolute Gasteiger partial charge is 0.416 e. The predicted octanol–water partition coefficient (Wildman–Crippen LogP) is 6.20. The number of alkyl halides is 3. The Hall–Kier alpha value is -4.51. The van der Waals surface area contributed by atoms with Gasteiger partial charge >= 0.3 is 6.18 Å². The Kier molecular flexibility index (Phi) is 8.87. The third kappa shape index (κ3) is 6.98. The molecule has 0 aliphatic carbocycles. The lowest BCUT2D eigenvalue weighted by Crippen LogP contribution is -2.33. The summed E-state index contributed by atoms with van der Waals surface area (Å²) in [6.45, 7) is 7.05. The number of anilines is 3. The van der Waals surface area contributed by atoms with Crippen molar-refractivity contribution < 1.29 is 22.8 Å². The maximum absolute atomic E-state index is 13.5. The first-order valence-corrected chi connectivity index (χ1v) is 13.1. The molecule has 1 heterocycles. The van der Waals surface area contributed by atoms with Gasteiger partial charge in [-0.05, 0) is 79.2 Å². The van der Waals surface area contributed by atoms with Gasteiger partial charge in [0.1, 0.15) is 0 Å². The lowest BCUT2D eigenvalue weighted by Gasteiger charge is -2.19. The van der Waals surface area contributed by atoms with Crippen LogP contribution in [0.4, 0.5) is 30.5 Å². The standard InChI is InChI=1S/C30H31F3N6O2/c1-5-39(6-2)17-27(40)36-25-12-10-22(30(31,32)33)15-26(25)37-28(41)20-8-7-18(3)23(14-20)19-9-11-24-21(13-19)16-35-29(34-4)38-24/h7-16H,5-6,17H2,1-4H3,(H,36,40)(H,37,41)(H,34,35,38). The number of nitrogens with zero attached hydrogens (tertiary/aromatic N) is 3. The zero-order valence-corrected chi connectivity index (χ0v) is 23.2. The fraction of sp³-hybridized carbons (Fsp3) is 0.267. The lowest BCUT2D eigenvalue weighted by atomic mass is 9.97. The summed E-state index contributed by atoms with van der Waals surface area (Å²) in [5.41, 5.74) is 2.47. The van der Waals surface area contributed by atoms with Crippen molar-refractivity contribution in [2.45, 2.75) is 26.9 Å². The van der Waals surface area contributed by atoms with E-state index in [2.05, 4.69) is 25.9 Å². The number of benzene rings is 3. The molecule has 0 atom stereocenters. The van der Waals surface area contributed by atoms with Crippen LogP contribution in [0.25, 0.3) is 22.0 Å². The molecule has 0 aliphatic rings. The minimum absolute atomic E-state index is 0.0653. The van der Waals surface area contributed by atoms with E-state index in [9.17, 15) is 22.8 Å². The number of aryl methyl sites for hydroxylation is 1. The van der Waals surface area contributed by atoms with E-state index >= 15 is 0 Å². The minimum Gasteiger partial charge on any atom is -0.357 e. The van der Waals surface area contributed by atoms with Gasteiger partial charge in [-0.3, -0.25) is 14.5 Å². The van der Waals surface area contributed by atoms with Gasteiger partial charge in [-0.15, -0.1) is 0 Å². The van der Waals surface area contributed by atoms with E-state index in [1.54, 1.807) is 31.4 Å². The van der Waals surface area contributed by atoms with Crippen LogP contribution in [0.5, 0.6) is 0 Å². The SMILES string of the molecule is CCN(CC)CC(=O)Nc1ccc(C(F)(F)F)cc1NC(=O)c1ccc(C)c(-c2ccc3nc(NC)ncc3c2)c1. The smallest absolute Gasteiger partial charge is 0.357 e. The van der Waals surface area contributed by atoms with E-state index in [4.69, 9.17) is 0 Å². The predicted molar refractivity (Wildman–Crippen MR) is 155 cm³/mol. The van der Waals surface area contributed by atoms with Gasteiger partial charge in [-0.1, -0.05) is 26.0 Å². The zero-order chi connectivity index (χ0) is 29.7. The van der Waals surface area contributed by atoms with Crippen LogP contribution in [0.15, 0.2) is 60.8 Å². The highest BCUT2D eigenvalue weighted by molar-refractivity contribution is 6.08. The van der Waals surface area contributed by atoms with Crippen LogP contribution >= 0.6 is 0 Å². The molecule has 0 aliphatic heterocycles. The Balaban J connectivity index is 1.64. The maximum atomic E-state index is 13.5. The van der Waals surface area contributed by atoms with Crippen LogP contribution in [-0.2, 0) is 11.0 Å². The normalized spacial score (nSPS) is 11.5. The molecule has 4 rings (SSSR count). The van der Waals surface area contributed by atoms with E-state index in [1.165, 1.54) is 0 Å². The number of carbonyl (C=O) groups excluding carboxylic acids is 2. The van der Waals surface area contributed by atoms with Crippen LogP contribution in [-0.4, -0.2) is 53.4 Å².